The molecule has 0 fully saturated rings. The van der Waals surface area contributed by atoms with E-state index in [0.29, 0.717) is 0 Å². The smallest absolute Gasteiger partial charge is 0.265 e. The van der Waals surface area contributed by atoms with Gasteiger partial charge in [0.1, 0.15) is 0 Å². The molecule has 0 atom stereocenters. The summed E-state index contributed by atoms with van der Waals surface area (Å²) in [6.45, 7) is 0. The van der Waals surface area contributed by atoms with Gasteiger partial charge < -0.3 is 0 Å². The van der Waals surface area contributed by atoms with E-state index in [0.717, 1.165) is 0 Å². The standard InChI is InChI=1S/C5H5N.C4HF10NO4S2/c1-2-4-6-5-3-1;5-1(6,7)3(11,12)20(16,17)15-21(18,19)4(13,14)2(8,9)10/h1-5H;15H. The van der Waals surface area contributed by atoms with Gasteiger partial charge in [0.15, 0.2) is 0 Å². The van der Waals surface area contributed by atoms with E-state index in [2.05, 4.69) is 4.98 Å². The number of nitrogens with zero attached hydrogens (tertiary/aromatic N) is 1. The maximum absolute atomic E-state index is 12.4. The largest absolute Gasteiger partial charge is 0.471 e. The van der Waals surface area contributed by atoms with Crippen LogP contribution in [0.5, 0.6) is 0 Å². The zero-order valence-electron chi connectivity index (χ0n) is 12.1. The van der Waals surface area contributed by atoms with E-state index in [1.807, 2.05) is 18.2 Å². The minimum Gasteiger partial charge on any atom is -0.265 e. The molecule has 18 heteroatoms. The molecule has 0 aliphatic heterocycles. The summed E-state index contributed by atoms with van der Waals surface area (Å²) in [5.74, 6) is 0. The van der Waals surface area contributed by atoms with E-state index in [1.54, 1.807) is 12.4 Å². The van der Waals surface area contributed by atoms with Crippen molar-refractivity contribution in [2.75, 3.05) is 0 Å². The lowest BCUT2D eigenvalue weighted by atomic mass is 10.5. The molecule has 1 aromatic heterocycles. The van der Waals surface area contributed by atoms with Gasteiger partial charge in [0.05, 0.1) is 0 Å². The fourth-order valence-corrected chi connectivity index (χ4v) is 3.47. The van der Waals surface area contributed by atoms with Gasteiger partial charge in [-0.15, -0.1) is 0 Å². The van der Waals surface area contributed by atoms with E-state index < -0.39 is 47.0 Å². The minimum absolute atomic E-state index is 0.969. The molecular formula is C9H6F10N2O4S2. The molecule has 0 amide bonds. The number of alkyl halides is 10. The minimum atomic E-state index is -7.49. The first-order chi connectivity index (χ1) is 11.7. The van der Waals surface area contributed by atoms with Gasteiger partial charge in [-0.25, -0.2) is 16.8 Å². The third-order valence-corrected chi connectivity index (χ3v) is 5.69. The van der Waals surface area contributed by atoms with Crippen molar-refractivity contribution >= 4 is 20.0 Å². The highest BCUT2D eigenvalue weighted by molar-refractivity contribution is 8.05. The van der Waals surface area contributed by atoms with Gasteiger partial charge in [-0.05, 0) is 12.1 Å². The van der Waals surface area contributed by atoms with Gasteiger partial charge in [-0.2, -0.15) is 43.9 Å². The number of nitrogens with one attached hydrogen (secondary N) is 1. The number of halogens is 10. The third kappa shape index (κ3) is 5.64. The second-order valence-electron chi connectivity index (χ2n) is 4.14. The number of hydrogen-bond acceptors (Lipinski definition) is 5. The fourth-order valence-electron chi connectivity index (χ4n) is 0.866. The van der Waals surface area contributed by atoms with Crippen molar-refractivity contribution in [1.82, 2.24) is 9.11 Å². The molecule has 0 radical (unpaired) electrons. The van der Waals surface area contributed by atoms with Crippen molar-refractivity contribution in [2.24, 2.45) is 0 Å². The van der Waals surface area contributed by atoms with E-state index in [1.165, 1.54) is 0 Å². The average molecular weight is 460 g/mol. The molecule has 1 rings (SSSR count). The maximum Gasteiger partial charge on any atom is 0.471 e. The van der Waals surface area contributed by atoms with Gasteiger partial charge in [0.25, 0.3) is 20.0 Å². The predicted molar refractivity (Wildman–Crippen MR) is 67.2 cm³/mol. The van der Waals surface area contributed by atoms with E-state index in [4.69, 9.17) is 0 Å². The SMILES string of the molecule is O=S(=O)(NS(=O)(=O)C(F)(F)C(F)(F)F)C(F)(F)C(F)(F)F.c1ccncc1. The summed E-state index contributed by atoms with van der Waals surface area (Å²) >= 11 is 0. The number of hydrogen-bond donors (Lipinski definition) is 1. The molecule has 0 aliphatic carbocycles. The molecule has 0 unspecified atom stereocenters. The van der Waals surface area contributed by atoms with Crippen molar-refractivity contribution < 1.29 is 60.7 Å². The second-order valence-corrected chi connectivity index (χ2v) is 7.85. The van der Waals surface area contributed by atoms with Crippen molar-refractivity contribution in [2.45, 2.75) is 22.9 Å². The van der Waals surface area contributed by atoms with Crippen LogP contribution in [0, 0.1) is 0 Å². The average Bonchev–Trinajstić information content (AvgIpc) is 2.46. The van der Waals surface area contributed by atoms with Gasteiger partial charge in [-0.1, -0.05) is 10.2 Å². The fraction of sp³-hybridized carbons (Fsp3) is 0.444. The second kappa shape index (κ2) is 7.74. The van der Waals surface area contributed by atoms with Crippen molar-refractivity contribution in [3.63, 3.8) is 0 Å². The Morgan fingerprint density at radius 3 is 1.04 bits per heavy atom. The summed E-state index contributed by atoms with van der Waals surface area (Å²) in [7, 11) is -15.0. The van der Waals surface area contributed by atoms with E-state index in [-0.39, 0.29) is 0 Å². The summed E-state index contributed by atoms with van der Waals surface area (Å²) in [6.07, 6.45) is -10.4. The predicted octanol–water partition coefficient (Wildman–Crippen LogP) is 2.63. The zero-order valence-corrected chi connectivity index (χ0v) is 13.7. The van der Waals surface area contributed by atoms with E-state index >= 15 is 0 Å². The highest BCUT2D eigenvalue weighted by atomic mass is 32.3. The molecule has 0 saturated heterocycles. The molecule has 0 bridgehead atoms. The topological polar surface area (TPSA) is 93.2 Å². The van der Waals surface area contributed by atoms with Crippen LogP contribution < -0.4 is 4.13 Å². The monoisotopic (exact) mass is 460 g/mol. The molecule has 1 N–H and O–H groups in total. The molecule has 0 aromatic carbocycles. The number of pyridine rings is 1. The summed E-state index contributed by atoms with van der Waals surface area (Å²) < 4.78 is 160. The normalized spacial score (nSPS) is 14.3. The lowest BCUT2D eigenvalue weighted by Gasteiger charge is -2.23. The number of sulfonamides is 2. The third-order valence-electron chi connectivity index (χ3n) is 2.12. The van der Waals surface area contributed by atoms with Crippen LogP contribution in [0.4, 0.5) is 43.9 Å². The molecule has 1 aromatic rings. The van der Waals surface area contributed by atoms with Crippen LogP contribution in [0.25, 0.3) is 0 Å². The molecule has 158 valence electrons. The Balaban J connectivity index is 0.000000941. The molecule has 0 saturated carbocycles. The Kier molecular flexibility index (Phi) is 7.26. The summed E-state index contributed by atoms with van der Waals surface area (Å²) in [5, 5.41) is -13.9. The quantitative estimate of drug-likeness (QED) is 0.698. The van der Waals surface area contributed by atoms with Crippen molar-refractivity contribution in [1.29, 1.82) is 0 Å². The Morgan fingerprint density at radius 2 is 0.889 bits per heavy atom. The van der Waals surface area contributed by atoms with Crippen LogP contribution in [0.3, 0.4) is 0 Å². The van der Waals surface area contributed by atoms with Gasteiger partial charge in [0.2, 0.25) is 0 Å². The Bertz CT molecular complexity index is 738. The molecule has 1 heterocycles. The highest BCUT2D eigenvalue weighted by Crippen LogP contribution is 2.42. The summed E-state index contributed by atoms with van der Waals surface area (Å²) in [4.78, 5) is 3.78. The Morgan fingerprint density at radius 1 is 0.593 bits per heavy atom. The van der Waals surface area contributed by atoms with Crippen LogP contribution in [0.15, 0.2) is 30.6 Å². The number of rotatable bonds is 4. The van der Waals surface area contributed by atoms with Crippen LogP contribution in [-0.2, 0) is 20.0 Å². The first-order valence-electron chi connectivity index (χ1n) is 5.72. The van der Waals surface area contributed by atoms with Crippen LogP contribution in [0.1, 0.15) is 0 Å². The molecule has 0 spiro atoms. The molecule has 0 aliphatic rings. The van der Waals surface area contributed by atoms with Crippen LogP contribution >= 0.6 is 0 Å². The van der Waals surface area contributed by atoms with Gasteiger partial charge in [-0.3, -0.25) is 4.98 Å². The van der Waals surface area contributed by atoms with Crippen molar-refractivity contribution in [3.05, 3.63) is 30.6 Å². The maximum atomic E-state index is 12.4. The van der Waals surface area contributed by atoms with Crippen molar-refractivity contribution in [3.8, 4) is 0 Å². The lowest BCUT2D eigenvalue weighted by molar-refractivity contribution is -0.242. The molecule has 27 heavy (non-hydrogen) atoms. The zero-order chi connectivity index (χ0) is 21.9. The first-order valence-corrected chi connectivity index (χ1v) is 8.69. The Labute approximate surface area is 144 Å². The summed E-state index contributed by atoms with van der Waals surface area (Å²) in [5.41, 5.74) is 0. The molecular weight excluding hydrogens is 454 g/mol. The van der Waals surface area contributed by atoms with Crippen LogP contribution in [-0.4, -0.2) is 44.7 Å². The van der Waals surface area contributed by atoms with Gasteiger partial charge >= 0.3 is 22.9 Å². The lowest BCUT2D eigenvalue weighted by Crippen LogP contribution is -2.57. The first kappa shape index (κ1) is 25.3. The molecule has 6 nitrogen and oxygen atoms in total. The Hall–Kier alpha value is -1.69. The van der Waals surface area contributed by atoms with Gasteiger partial charge in [0, 0.05) is 12.4 Å². The number of aromatic nitrogens is 1. The summed E-state index contributed by atoms with van der Waals surface area (Å²) in [6, 6.07) is 5.72. The van der Waals surface area contributed by atoms with Crippen LogP contribution in [0.2, 0.25) is 0 Å². The van der Waals surface area contributed by atoms with E-state index in [9.17, 15) is 60.7 Å². The highest BCUT2D eigenvalue weighted by Gasteiger charge is 2.73.